The van der Waals surface area contributed by atoms with Gasteiger partial charge in [0.05, 0.1) is 0 Å². The van der Waals surface area contributed by atoms with Crippen molar-refractivity contribution in [2.24, 2.45) is 0 Å². The fourth-order valence-electron chi connectivity index (χ4n) is 0. The second kappa shape index (κ2) is 138. The smallest absolute Gasteiger partial charge is 1.00 e. The van der Waals surface area contributed by atoms with Crippen LogP contribution in [0.4, 0.5) is 0 Å². The van der Waals surface area contributed by atoms with Gasteiger partial charge in [-0.1, -0.05) is 0 Å². The molecule has 0 aromatic heterocycles. The zero-order chi connectivity index (χ0) is 0. The molecule has 0 saturated heterocycles. The molecule has 22 heavy (non-hydrogen) atoms. The van der Waals surface area contributed by atoms with Crippen LogP contribution in [-0.4, -0.2) is 0 Å². The third kappa shape index (κ3) is 131. The summed E-state index contributed by atoms with van der Waals surface area (Å²) in [7, 11) is 0. The Morgan fingerprint density at radius 2 is 0.0909 bits per heavy atom. The van der Waals surface area contributed by atoms with Crippen LogP contribution in [-0.2, 0) is 0 Å². The summed E-state index contributed by atoms with van der Waals surface area (Å²) in [5.74, 6) is 0. The first-order chi connectivity index (χ1) is 0. The van der Waals surface area contributed by atoms with Crippen molar-refractivity contribution in [2.75, 3.05) is 0 Å². The average Bonchev–Trinajstić information content (AvgIpc) is 0. The maximum Gasteiger partial charge on any atom is 1.00 e. The van der Waals surface area contributed by atoms with Gasteiger partial charge in [-0.2, -0.15) is 0 Å². The predicted molar refractivity (Wildman–Crippen MR) is 24.5 cm³/mol. The topological polar surface area (TPSA) is 0 Å². The van der Waals surface area contributed by atoms with Crippen LogP contribution >= 0.6 is 0 Å². The van der Waals surface area contributed by atoms with E-state index in [1.165, 1.54) is 0 Å². The predicted octanol–water partition coefficient (Wildman–Crippen LogP) is -63.4. The van der Waals surface area contributed by atoms with Crippen LogP contribution in [0.25, 0.3) is 0 Å². The Bertz CT molecular complexity index is 44.0. The molecule has 0 fully saturated rings. The van der Waals surface area contributed by atoms with Crippen LogP contribution in [0.1, 0.15) is 31.4 Å². The van der Waals surface area contributed by atoms with E-state index in [4.69, 9.17) is 0 Å². The van der Waals surface area contributed by atoms with Crippen LogP contribution in [0, 0.1) is 0 Å². The second-order valence-corrected chi connectivity index (χ2v) is 0. The molecular weight excluding hydrogens is 860 g/mol. The van der Waals surface area contributed by atoms with Crippen LogP contribution in [0.3, 0.4) is 0 Å². The van der Waals surface area contributed by atoms with E-state index in [0.717, 1.165) is 0 Å². The summed E-state index contributed by atoms with van der Waals surface area (Å²) in [4.78, 5) is 0. The van der Waals surface area contributed by atoms with E-state index in [1.54, 1.807) is 0 Å². The molecule has 0 heterocycles. The summed E-state index contributed by atoms with van der Waals surface area (Å²) in [5, 5.41) is 0. The fraction of sp³-hybridized carbons (Fsp3) is 0. The van der Waals surface area contributed by atoms with Crippen molar-refractivity contribution in [1.29, 1.82) is 0 Å². The summed E-state index contributed by atoms with van der Waals surface area (Å²) in [6, 6.07) is 0. The number of hydrogen-bond acceptors (Lipinski definition) is 0. The monoisotopic (exact) mass is 879 g/mol. The normalized spacial score (nSPS) is 0. The summed E-state index contributed by atoms with van der Waals surface area (Å²) in [6.45, 7) is 0. The van der Waals surface area contributed by atoms with Gasteiger partial charge < -0.3 is 31.4 Å². The molecule has 0 aliphatic heterocycles. The van der Waals surface area contributed by atoms with Crippen molar-refractivity contribution in [2.45, 2.75) is 0 Å². The van der Waals surface area contributed by atoms with Gasteiger partial charge in [-0.3, -0.25) is 0 Å². The third-order valence-electron chi connectivity index (χ3n) is 0. The zero-order valence-electron chi connectivity index (χ0n) is 44.0. The Morgan fingerprint density at radius 3 is 0.0909 bits per heavy atom. The van der Waals surface area contributed by atoms with Crippen molar-refractivity contribution >= 4 is 0 Å². The number of rotatable bonds is 0. The van der Waals surface area contributed by atoms with E-state index >= 15 is 0 Å². The van der Waals surface area contributed by atoms with Gasteiger partial charge in [0, 0.05) is 0 Å². The Kier molecular flexibility index (Phi) is 912. The van der Waals surface area contributed by atoms with E-state index in [-0.39, 0.29) is 1160 Å². The molecule has 0 saturated carbocycles. The van der Waals surface area contributed by atoms with Crippen LogP contribution < -0.4 is 1130 Å². The Labute approximate surface area is 1110 Å². The minimum Gasteiger partial charge on any atom is -1.00 e. The van der Waals surface area contributed by atoms with E-state index in [0.29, 0.717) is 0 Å². The Balaban J connectivity index is 0. The van der Waals surface area contributed by atoms with Crippen molar-refractivity contribution in [1.82, 2.24) is 0 Å². The molecule has 0 bridgehead atoms. The molecule has 0 spiro atoms. The first-order valence-corrected chi connectivity index (χ1v) is 0. The van der Waals surface area contributed by atoms with Crippen LogP contribution in [0.2, 0.25) is 0 Å². The summed E-state index contributed by atoms with van der Waals surface area (Å²) >= 11 is 0. The van der Waals surface area contributed by atoms with E-state index in [2.05, 4.69) is 0 Å². The van der Waals surface area contributed by atoms with Crippen molar-refractivity contribution < 1.29 is 1160 Å². The van der Waals surface area contributed by atoms with Crippen LogP contribution in [0.15, 0.2) is 0 Å². The van der Waals surface area contributed by atoms with Gasteiger partial charge in [-0.15, -0.1) is 0 Å². The molecule has 0 aromatic carbocycles. The quantitative estimate of drug-likeness (QED) is 0.213. The van der Waals surface area contributed by atoms with E-state index in [9.17, 15) is 0 Å². The van der Waals surface area contributed by atoms with Gasteiger partial charge in [0.25, 0.3) is 0 Å². The SMILES string of the molecule is [H-].[H-].[H-].[H-].[H-].[H-].[H-].[H-].[H-].[H-].[H-].[H-].[H-].[H-].[H-].[H-].[H-].[H-].[H-].[H-].[H-].[H-].[K+].[K+].[K+].[K+].[K+].[K+].[K+].[K+].[K+].[K+].[K+].[K+].[K+].[K+].[K+].[K+].[K+].[K+].[K+].[K+].[K+].[K+]. The summed E-state index contributed by atoms with van der Waals surface area (Å²) in [5.41, 5.74) is 0. The average molecular weight is 882 g/mol. The summed E-state index contributed by atoms with van der Waals surface area (Å²) in [6.07, 6.45) is 0. The van der Waals surface area contributed by atoms with Crippen LogP contribution in [0.5, 0.6) is 0 Å². The Hall–Kier alpha value is 36.0. The molecule has 0 atom stereocenters. The molecule has 22 heteroatoms. The summed E-state index contributed by atoms with van der Waals surface area (Å²) < 4.78 is 0. The van der Waals surface area contributed by atoms with E-state index in [1.807, 2.05) is 0 Å². The maximum atomic E-state index is 0. The van der Waals surface area contributed by atoms with Gasteiger partial charge in [0.2, 0.25) is 0 Å². The first-order valence-electron chi connectivity index (χ1n) is 0. The molecule has 0 aliphatic carbocycles. The second-order valence-electron chi connectivity index (χ2n) is 0. The van der Waals surface area contributed by atoms with Gasteiger partial charge in [0.15, 0.2) is 0 Å². The zero-order valence-corrected chi connectivity index (χ0v) is 90.7. The van der Waals surface area contributed by atoms with Crippen molar-refractivity contribution in [3.8, 4) is 0 Å². The maximum absolute atomic E-state index is 0. The third-order valence-corrected chi connectivity index (χ3v) is 0. The van der Waals surface area contributed by atoms with Gasteiger partial charge in [-0.25, -0.2) is 0 Å². The molecule has 0 rings (SSSR count). The van der Waals surface area contributed by atoms with Crippen molar-refractivity contribution in [3.63, 3.8) is 0 Å². The molecule has 44 valence electrons. The molecule has 0 unspecified atom stereocenters. The van der Waals surface area contributed by atoms with Gasteiger partial charge >= 0.3 is 1130 Å². The minimum absolute atomic E-state index is 0. The molecule has 0 aromatic rings. The first kappa shape index (κ1) is 145. The molecule has 0 aliphatic rings. The minimum atomic E-state index is 0. The molecule has 0 radical (unpaired) electrons. The van der Waals surface area contributed by atoms with Gasteiger partial charge in [0.1, 0.15) is 0 Å². The Morgan fingerprint density at radius 1 is 0.0909 bits per heavy atom. The molecule has 0 N–H and O–H groups in total. The number of hydrogen-bond donors (Lipinski definition) is 0. The molecule has 0 nitrogen and oxygen atoms in total. The van der Waals surface area contributed by atoms with E-state index < -0.39 is 0 Å². The molecular formula is H22K22. The standard InChI is InChI=1S/22K.22H/q22*+1;22*-1. The van der Waals surface area contributed by atoms with Crippen molar-refractivity contribution in [3.05, 3.63) is 0 Å². The molecule has 0 amide bonds. The largest absolute Gasteiger partial charge is 1.00 e. The fourth-order valence-corrected chi connectivity index (χ4v) is 0. The van der Waals surface area contributed by atoms with Gasteiger partial charge in [-0.05, 0) is 0 Å².